The summed E-state index contributed by atoms with van der Waals surface area (Å²) in [6, 6.07) is 8.38. The van der Waals surface area contributed by atoms with Crippen LogP contribution in [0.4, 0.5) is 0 Å². The van der Waals surface area contributed by atoms with Gasteiger partial charge < -0.3 is 9.84 Å². The second-order valence-electron chi connectivity index (χ2n) is 6.69. The van der Waals surface area contributed by atoms with Crippen molar-refractivity contribution in [1.82, 2.24) is 0 Å². The number of aryl methyl sites for hydroxylation is 1. The maximum Gasteiger partial charge on any atom is 0.119 e. The van der Waals surface area contributed by atoms with Crippen molar-refractivity contribution in [1.29, 1.82) is 0 Å². The van der Waals surface area contributed by atoms with Crippen molar-refractivity contribution in [3.8, 4) is 5.75 Å². The van der Waals surface area contributed by atoms with E-state index in [0.29, 0.717) is 6.10 Å². The lowest BCUT2D eigenvalue weighted by Crippen LogP contribution is -2.28. The van der Waals surface area contributed by atoms with Gasteiger partial charge in [0.2, 0.25) is 0 Å². The molecule has 1 saturated carbocycles. The first kappa shape index (κ1) is 15.4. The van der Waals surface area contributed by atoms with Crippen molar-refractivity contribution in [2.45, 2.75) is 65.1 Å². The lowest BCUT2D eigenvalue weighted by atomic mass is 9.82. The Balaban J connectivity index is 1.87. The van der Waals surface area contributed by atoms with Gasteiger partial charge in [-0.15, -0.1) is 0 Å². The third-order valence-electron chi connectivity index (χ3n) is 4.21. The number of hydrogen-bond donors (Lipinski definition) is 1. The van der Waals surface area contributed by atoms with Gasteiger partial charge in [0.1, 0.15) is 5.75 Å². The zero-order valence-electron chi connectivity index (χ0n) is 13.0. The molecule has 2 heteroatoms. The van der Waals surface area contributed by atoms with E-state index in [4.69, 9.17) is 4.74 Å². The van der Waals surface area contributed by atoms with Crippen molar-refractivity contribution in [3.63, 3.8) is 0 Å². The summed E-state index contributed by atoms with van der Waals surface area (Å²) in [5.74, 6) is 2.53. The predicted molar refractivity (Wildman–Crippen MR) is 83.0 cm³/mol. The fourth-order valence-electron chi connectivity index (χ4n) is 3.27. The lowest BCUT2D eigenvalue weighted by Gasteiger charge is -2.31. The van der Waals surface area contributed by atoms with E-state index in [2.05, 4.69) is 38.1 Å². The van der Waals surface area contributed by atoms with E-state index in [1.807, 2.05) is 6.92 Å². The van der Waals surface area contributed by atoms with Crippen LogP contribution >= 0.6 is 0 Å². The molecular formula is C18H28O2. The van der Waals surface area contributed by atoms with E-state index in [1.54, 1.807) is 0 Å². The van der Waals surface area contributed by atoms with Crippen molar-refractivity contribution in [2.24, 2.45) is 11.8 Å². The van der Waals surface area contributed by atoms with Crippen LogP contribution in [-0.2, 0) is 6.42 Å². The fourth-order valence-corrected chi connectivity index (χ4v) is 3.27. The summed E-state index contributed by atoms with van der Waals surface area (Å²) >= 11 is 0. The van der Waals surface area contributed by atoms with Crippen molar-refractivity contribution in [3.05, 3.63) is 29.8 Å². The molecule has 0 saturated heterocycles. The molecule has 3 unspecified atom stereocenters. The van der Waals surface area contributed by atoms with Gasteiger partial charge in [-0.3, -0.25) is 0 Å². The molecule has 0 aliphatic heterocycles. The molecule has 1 aliphatic rings. The van der Waals surface area contributed by atoms with Gasteiger partial charge in [0, 0.05) is 0 Å². The summed E-state index contributed by atoms with van der Waals surface area (Å²) in [5.41, 5.74) is 1.27. The quantitative estimate of drug-likeness (QED) is 0.873. The Morgan fingerprint density at radius 3 is 2.25 bits per heavy atom. The molecule has 0 radical (unpaired) electrons. The second kappa shape index (κ2) is 7.12. The average Bonchev–Trinajstić information content (AvgIpc) is 2.36. The van der Waals surface area contributed by atoms with Gasteiger partial charge in [-0.25, -0.2) is 0 Å². The summed E-state index contributed by atoms with van der Waals surface area (Å²) < 4.78 is 6.13. The highest BCUT2D eigenvalue weighted by Gasteiger charge is 2.25. The first-order valence-electron chi connectivity index (χ1n) is 7.96. The molecule has 112 valence electrons. The SMILES string of the molecule is CC(O)CCc1ccc(OC2CC(C)CC(C)C2)cc1. The van der Waals surface area contributed by atoms with Gasteiger partial charge in [0.15, 0.2) is 0 Å². The number of hydrogen-bond acceptors (Lipinski definition) is 2. The van der Waals surface area contributed by atoms with Crippen LogP contribution in [0.2, 0.25) is 0 Å². The Bertz CT molecular complexity index is 386. The second-order valence-corrected chi connectivity index (χ2v) is 6.69. The van der Waals surface area contributed by atoms with Crippen LogP contribution in [0.15, 0.2) is 24.3 Å². The monoisotopic (exact) mass is 276 g/mol. The van der Waals surface area contributed by atoms with E-state index in [9.17, 15) is 5.11 Å². The summed E-state index contributed by atoms with van der Waals surface area (Å²) in [5, 5.41) is 9.31. The molecule has 0 aromatic heterocycles. The molecular weight excluding hydrogens is 248 g/mol. The molecule has 2 nitrogen and oxygen atoms in total. The smallest absolute Gasteiger partial charge is 0.119 e. The third-order valence-corrected chi connectivity index (χ3v) is 4.21. The van der Waals surface area contributed by atoms with Crippen LogP contribution in [0.5, 0.6) is 5.75 Å². The molecule has 1 aliphatic carbocycles. The van der Waals surface area contributed by atoms with Crippen LogP contribution < -0.4 is 4.74 Å². The Morgan fingerprint density at radius 2 is 1.70 bits per heavy atom. The van der Waals surface area contributed by atoms with Crippen LogP contribution in [0.3, 0.4) is 0 Å². The molecule has 1 aromatic rings. The number of aliphatic hydroxyl groups is 1. The van der Waals surface area contributed by atoms with Gasteiger partial charge in [0.05, 0.1) is 12.2 Å². The summed E-state index contributed by atoms with van der Waals surface area (Å²) in [6.45, 7) is 6.49. The number of aliphatic hydroxyl groups excluding tert-OH is 1. The maximum atomic E-state index is 9.31. The molecule has 1 N–H and O–H groups in total. The predicted octanol–water partition coefficient (Wildman–Crippen LogP) is 4.20. The van der Waals surface area contributed by atoms with E-state index in [0.717, 1.165) is 30.4 Å². The van der Waals surface area contributed by atoms with Gasteiger partial charge in [0.25, 0.3) is 0 Å². The normalized spacial score (nSPS) is 28.1. The first-order chi connectivity index (χ1) is 9.52. The Labute approximate surface area is 123 Å². The van der Waals surface area contributed by atoms with Gasteiger partial charge in [-0.05, 0) is 68.6 Å². The van der Waals surface area contributed by atoms with Crippen molar-refractivity contribution in [2.75, 3.05) is 0 Å². The zero-order valence-corrected chi connectivity index (χ0v) is 13.0. The molecule has 0 bridgehead atoms. The lowest BCUT2D eigenvalue weighted by molar-refractivity contribution is 0.101. The van der Waals surface area contributed by atoms with Crippen LogP contribution in [0.25, 0.3) is 0 Å². The summed E-state index contributed by atoms with van der Waals surface area (Å²) in [7, 11) is 0. The van der Waals surface area contributed by atoms with Gasteiger partial charge >= 0.3 is 0 Å². The molecule has 0 spiro atoms. The zero-order chi connectivity index (χ0) is 14.5. The minimum Gasteiger partial charge on any atom is -0.490 e. The van der Waals surface area contributed by atoms with Gasteiger partial charge in [-0.1, -0.05) is 26.0 Å². The maximum absolute atomic E-state index is 9.31. The van der Waals surface area contributed by atoms with Crippen LogP contribution in [0, 0.1) is 11.8 Å². The van der Waals surface area contributed by atoms with E-state index < -0.39 is 0 Å². The topological polar surface area (TPSA) is 29.5 Å². The minimum absolute atomic E-state index is 0.226. The van der Waals surface area contributed by atoms with Crippen molar-refractivity contribution >= 4 is 0 Å². The Morgan fingerprint density at radius 1 is 1.10 bits per heavy atom. The number of rotatable bonds is 5. The molecule has 1 fully saturated rings. The largest absolute Gasteiger partial charge is 0.490 e. The highest BCUT2D eigenvalue weighted by Crippen LogP contribution is 2.31. The standard InChI is InChI=1S/C18H28O2/c1-13-10-14(2)12-18(11-13)20-17-8-6-16(7-9-17)5-4-15(3)19/h6-9,13-15,18-19H,4-5,10-12H2,1-3H3. The highest BCUT2D eigenvalue weighted by molar-refractivity contribution is 5.27. The Hall–Kier alpha value is -1.02. The fraction of sp³-hybridized carbons (Fsp3) is 0.667. The van der Waals surface area contributed by atoms with Gasteiger partial charge in [-0.2, -0.15) is 0 Å². The molecule has 2 rings (SSSR count). The van der Waals surface area contributed by atoms with E-state index in [1.165, 1.54) is 24.8 Å². The summed E-state index contributed by atoms with van der Waals surface area (Å²) in [4.78, 5) is 0. The highest BCUT2D eigenvalue weighted by atomic mass is 16.5. The number of ether oxygens (including phenoxy) is 1. The van der Waals surface area contributed by atoms with Crippen molar-refractivity contribution < 1.29 is 9.84 Å². The third kappa shape index (κ3) is 4.82. The average molecular weight is 276 g/mol. The van der Waals surface area contributed by atoms with E-state index in [-0.39, 0.29) is 6.10 Å². The van der Waals surface area contributed by atoms with Crippen LogP contribution in [0.1, 0.15) is 52.0 Å². The summed E-state index contributed by atoms with van der Waals surface area (Å²) in [6.07, 6.45) is 5.57. The molecule has 0 amide bonds. The molecule has 20 heavy (non-hydrogen) atoms. The Kier molecular flexibility index (Phi) is 5.47. The molecule has 0 heterocycles. The first-order valence-corrected chi connectivity index (χ1v) is 7.96. The number of benzene rings is 1. The minimum atomic E-state index is -0.226. The van der Waals surface area contributed by atoms with E-state index >= 15 is 0 Å². The molecule has 3 atom stereocenters. The van der Waals surface area contributed by atoms with Crippen LogP contribution in [-0.4, -0.2) is 17.3 Å². The molecule has 1 aromatic carbocycles.